The maximum absolute atomic E-state index is 8.88. The number of phosphoric acid groups is 1. The summed E-state index contributed by atoms with van der Waals surface area (Å²) in [6, 6.07) is 0. The first kappa shape index (κ1) is 25.7. The van der Waals surface area contributed by atoms with Crippen LogP contribution in [0.5, 0.6) is 0 Å². The van der Waals surface area contributed by atoms with Crippen molar-refractivity contribution in [1.82, 2.24) is 0 Å². The zero-order valence-corrected chi connectivity index (χ0v) is 18.9. The van der Waals surface area contributed by atoms with Crippen LogP contribution in [0.1, 0.15) is 0 Å². The maximum atomic E-state index is 8.88. The van der Waals surface area contributed by atoms with Crippen molar-refractivity contribution in [2.45, 2.75) is 0 Å². The summed E-state index contributed by atoms with van der Waals surface area (Å²) in [7, 11) is -4.64. The Balaban J connectivity index is -0.0000000350. The van der Waals surface area contributed by atoms with Gasteiger partial charge in [0.25, 0.3) is 0 Å². The van der Waals surface area contributed by atoms with E-state index in [4.69, 9.17) is 30.5 Å². The fourth-order valence-electron chi connectivity index (χ4n) is 0. The van der Waals surface area contributed by atoms with Crippen molar-refractivity contribution in [1.29, 1.82) is 0 Å². The van der Waals surface area contributed by atoms with Crippen LogP contribution in [0.15, 0.2) is 0 Å². The molecule has 0 unspecified atom stereocenters. The molecule has 0 bridgehead atoms. The van der Waals surface area contributed by atoms with Crippen molar-refractivity contribution in [2.75, 3.05) is 0 Å². The van der Waals surface area contributed by atoms with E-state index < -0.39 is 7.82 Å². The van der Waals surface area contributed by atoms with Gasteiger partial charge in [0, 0.05) is 0 Å². The quantitative estimate of drug-likeness (QED) is 0.433. The summed E-state index contributed by atoms with van der Waals surface area (Å²) in [5, 5.41) is 0. The molecule has 0 fully saturated rings. The summed E-state index contributed by atoms with van der Waals surface area (Å²) in [4.78, 5) is 21.6. The van der Waals surface area contributed by atoms with E-state index in [0.717, 1.165) is 0 Å². The van der Waals surface area contributed by atoms with Crippen LogP contribution in [0.2, 0.25) is 0 Å². The molecule has 0 aliphatic carbocycles. The zero-order chi connectivity index (χ0) is 10.5. The number of hydrogen-bond acceptors (Lipinski definition) is 1. The van der Waals surface area contributed by atoms with Crippen LogP contribution < -0.4 is 0 Å². The van der Waals surface area contributed by atoms with E-state index in [9.17, 15) is 0 Å². The van der Waals surface area contributed by atoms with E-state index >= 15 is 0 Å². The van der Waals surface area contributed by atoms with Gasteiger partial charge in [0.1, 0.15) is 0 Å². The molecule has 3 N–H and O–H groups in total. The van der Waals surface area contributed by atoms with Gasteiger partial charge in [0.2, 0.25) is 0 Å². The predicted octanol–water partition coefficient (Wildman–Crippen LogP) is -0.00250. The summed E-state index contributed by atoms with van der Waals surface area (Å²) < 4.78 is 23.4. The molecule has 0 aliphatic rings. The molecule has 11 heavy (non-hydrogen) atoms. The van der Waals surface area contributed by atoms with Crippen LogP contribution in [-0.2, 0) is 4.57 Å². The molecule has 0 aromatic heterocycles. The second-order valence-corrected chi connectivity index (χ2v) is 1.54. The van der Waals surface area contributed by atoms with E-state index in [-0.39, 0.29) is 0 Å². The molecule has 56 valence electrons. The molecule has 11 heteroatoms. The molecular weight excluding hydrogens is 319 g/mol. The van der Waals surface area contributed by atoms with Crippen molar-refractivity contribution in [3.05, 3.63) is 0 Å². The first-order valence-electron chi connectivity index (χ1n) is 1.92. The molecule has 0 radical (unpaired) electrons. The Morgan fingerprint density at radius 3 is 0.818 bits per heavy atom. The van der Waals surface area contributed by atoms with E-state index in [2.05, 4.69) is 0 Å². The predicted molar refractivity (Wildman–Crippen MR) is 49.1 cm³/mol. The second-order valence-electron chi connectivity index (χ2n) is 0.513. The van der Waals surface area contributed by atoms with Gasteiger partial charge in [0.15, 0.2) is 0 Å². The fourth-order valence-corrected chi connectivity index (χ4v) is 0. The van der Waals surface area contributed by atoms with Crippen LogP contribution in [0.3, 0.4) is 0 Å². The number of hydrogen-bond donors (Lipinski definition) is 3. The summed E-state index contributed by atoms with van der Waals surface area (Å²) in [6.45, 7) is 0. The van der Waals surface area contributed by atoms with Gasteiger partial charge >= 0.3 is 161 Å². The molecule has 0 saturated carbocycles. The fraction of sp³-hybridized carbons (Fsp3) is 0. The van der Waals surface area contributed by atoms with Crippen molar-refractivity contribution < 1.29 is 19.2 Å². The monoisotopic (exact) mass is 320 g/mol. The van der Waals surface area contributed by atoms with Gasteiger partial charge in [-0.2, -0.15) is 0 Å². The molecule has 0 amide bonds. The average Bonchev–Trinajstić information content (AvgIpc) is 1.96. The van der Waals surface area contributed by atoms with Crippen LogP contribution in [0.4, 0.5) is 0 Å². The third-order valence-corrected chi connectivity index (χ3v) is 0. The van der Waals surface area contributed by atoms with E-state index in [1.165, 1.54) is 0 Å². The van der Waals surface area contributed by atoms with Crippen molar-refractivity contribution in [2.24, 2.45) is 0 Å². The molecule has 4 nitrogen and oxygen atoms in total. The minimum absolute atomic E-state index is 0.535. The molecular formula is H3Cl3K3O4P. The first-order valence-corrected chi connectivity index (χ1v) is 16.4. The molecule has 0 aromatic carbocycles. The van der Waals surface area contributed by atoms with Crippen molar-refractivity contribution in [3.63, 3.8) is 0 Å². The van der Waals surface area contributed by atoms with Crippen LogP contribution >= 0.6 is 19.1 Å². The van der Waals surface area contributed by atoms with Gasteiger partial charge < -0.3 is 14.7 Å². The molecule has 0 heterocycles. The van der Waals surface area contributed by atoms with Gasteiger partial charge in [-0.05, 0) is 0 Å². The topological polar surface area (TPSA) is 77.8 Å². The Labute approximate surface area is 173 Å². The molecule has 0 saturated heterocycles. The summed E-state index contributed by atoms with van der Waals surface area (Å²) >= 11 is 1.60. The van der Waals surface area contributed by atoms with Gasteiger partial charge in [-0.3, -0.25) is 0 Å². The van der Waals surface area contributed by atoms with Gasteiger partial charge in [-0.1, -0.05) is 0 Å². The van der Waals surface area contributed by atoms with E-state index in [1.807, 2.05) is 0 Å². The van der Waals surface area contributed by atoms with Crippen molar-refractivity contribution >= 4 is 161 Å². The van der Waals surface area contributed by atoms with Gasteiger partial charge in [-0.15, -0.1) is 0 Å². The minimum atomic E-state index is -4.64. The van der Waals surface area contributed by atoms with E-state index in [1.54, 1.807) is 0 Å². The Morgan fingerprint density at radius 2 is 0.818 bits per heavy atom. The third-order valence-electron chi connectivity index (χ3n) is 0. The molecule has 0 spiro atoms. The molecule has 0 atom stereocenters. The number of halogens is 3. The number of rotatable bonds is 0. The third kappa shape index (κ3) is 88.4. The van der Waals surface area contributed by atoms with Crippen molar-refractivity contribution in [3.8, 4) is 0 Å². The van der Waals surface area contributed by atoms with Crippen LogP contribution in [0, 0.1) is 0 Å². The van der Waals surface area contributed by atoms with E-state index in [0.29, 0.717) is 141 Å². The standard InChI is InChI=1S/3ClH.3K.H3O4P/c;;;;;;1-5(2,3)4/h3*1H;;;;(H3,1,2,3,4)/q;;;3*+1;/p-3. The van der Waals surface area contributed by atoms with Crippen LogP contribution in [0.25, 0.3) is 0 Å². The molecule has 0 aromatic rings. The summed E-state index contributed by atoms with van der Waals surface area (Å²) in [5.41, 5.74) is 0. The van der Waals surface area contributed by atoms with Gasteiger partial charge in [0.05, 0.1) is 0 Å². The van der Waals surface area contributed by atoms with Gasteiger partial charge in [-0.25, -0.2) is 4.57 Å². The molecule has 0 rings (SSSR count). The second kappa shape index (κ2) is 24.9. The molecule has 0 aliphatic heterocycles. The average molecular weight is 322 g/mol. The Bertz CT molecular complexity index is 66.7. The summed E-state index contributed by atoms with van der Waals surface area (Å²) in [5.74, 6) is 0. The Hall–Kier alpha value is 5.89. The van der Waals surface area contributed by atoms with Crippen LogP contribution in [-0.4, -0.2) is 156 Å². The summed E-state index contributed by atoms with van der Waals surface area (Å²) in [6.07, 6.45) is 0. The first-order chi connectivity index (χ1) is 5.00. The SMILES string of the molecule is O=P(O)(O)O.[Cl][K].[Cl][K].[Cl][K]. The Kier molecular flexibility index (Phi) is 58.1. The normalized spacial score (nSPS) is 7.27. The Morgan fingerprint density at radius 1 is 0.818 bits per heavy atom. The zero-order valence-electron chi connectivity index (χ0n) is 6.33.